The Bertz CT molecular complexity index is 962. The van der Waals surface area contributed by atoms with Gasteiger partial charge in [-0.15, -0.1) is 0 Å². The molecule has 2 aromatic carbocycles. The normalized spacial score (nSPS) is 10.2. The number of hydrogen-bond donors (Lipinski definition) is 0. The van der Waals surface area contributed by atoms with E-state index in [4.69, 9.17) is 0 Å². The Labute approximate surface area is 138 Å². The van der Waals surface area contributed by atoms with Crippen molar-refractivity contribution in [3.63, 3.8) is 0 Å². The Morgan fingerprint density at radius 3 is 2.42 bits per heavy atom. The number of nitrogens with zero attached hydrogens (tertiary/aromatic N) is 4. The Morgan fingerprint density at radius 1 is 1.04 bits per heavy atom. The largest absolute Gasteiger partial charge is 0.270 e. The molecule has 0 amide bonds. The zero-order valence-electron chi connectivity index (χ0n) is 12.8. The van der Waals surface area contributed by atoms with Gasteiger partial charge in [0.15, 0.2) is 5.82 Å². The highest BCUT2D eigenvalue weighted by atomic mass is 16.6. The topological polar surface area (TPSA) is 92.7 Å². The molecule has 0 unspecified atom stereocenters. The molecule has 3 aromatic rings. The van der Waals surface area contributed by atoms with Crippen LogP contribution in [0.15, 0.2) is 54.6 Å². The van der Waals surface area contributed by atoms with Crippen molar-refractivity contribution in [2.75, 3.05) is 0 Å². The number of nitro groups is 1. The van der Waals surface area contributed by atoms with E-state index in [1.165, 1.54) is 12.1 Å². The van der Waals surface area contributed by atoms with Crippen LogP contribution in [0.25, 0.3) is 22.6 Å². The van der Waals surface area contributed by atoms with Crippen LogP contribution in [-0.2, 0) is 0 Å². The van der Waals surface area contributed by atoms with Gasteiger partial charge >= 0.3 is 0 Å². The van der Waals surface area contributed by atoms with Gasteiger partial charge in [0.25, 0.3) is 5.69 Å². The highest BCUT2D eigenvalue weighted by Crippen LogP contribution is 2.28. The quantitative estimate of drug-likeness (QED) is 0.539. The molecule has 0 fully saturated rings. The first-order chi connectivity index (χ1) is 11.6. The van der Waals surface area contributed by atoms with E-state index in [-0.39, 0.29) is 5.69 Å². The fraction of sp³-hybridized carbons (Fsp3) is 0.0556. The lowest BCUT2D eigenvalue weighted by molar-refractivity contribution is -0.384. The minimum atomic E-state index is -0.471. The van der Waals surface area contributed by atoms with Gasteiger partial charge in [-0.1, -0.05) is 42.5 Å². The van der Waals surface area contributed by atoms with Crippen molar-refractivity contribution >= 4 is 5.69 Å². The summed E-state index contributed by atoms with van der Waals surface area (Å²) in [5.74, 6) is 0.480. The smallest absolute Gasteiger partial charge is 0.258 e. The van der Waals surface area contributed by atoms with Crippen LogP contribution in [0.2, 0.25) is 0 Å². The number of nitro benzene ring substituents is 1. The van der Waals surface area contributed by atoms with Gasteiger partial charge in [0.05, 0.1) is 21.9 Å². The number of aryl methyl sites for hydroxylation is 1. The number of nitriles is 1. The number of aromatic nitrogens is 2. The average molecular weight is 316 g/mol. The van der Waals surface area contributed by atoms with Crippen LogP contribution in [0.3, 0.4) is 0 Å². The van der Waals surface area contributed by atoms with Gasteiger partial charge in [0, 0.05) is 23.3 Å². The summed E-state index contributed by atoms with van der Waals surface area (Å²) in [4.78, 5) is 19.4. The van der Waals surface area contributed by atoms with E-state index in [1.54, 1.807) is 19.1 Å². The predicted molar refractivity (Wildman–Crippen MR) is 89.0 cm³/mol. The molecule has 0 N–H and O–H groups in total. The summed E-state index contributed by atoms with van der Waals surface area (Å²) in [5.41, 5.74) is 2.53. The fourth-order valence-corrected chi connectivity index (χ4v) is 2.40. The molecule has 6 nitrogen and oxygen atoms in total. The third kappa shape index (κ3) is 2.83. The lowest BCUT2D eigenvalue weighted by Crippen LogP contribution is -2.00. The first-order valence-electron chi connectivity index (χ1n) is 7.19. The molecular formula is C18H12N4O2. The number of rotatable bonds is 3. The molecule has 0 saturated carbocycles. The summed E-state index contributed by atoms with van der Waals surface area (Å²) in [6.45, 7) is 1.73. The minimum Gasteiger partial charge on any atom is -0.258 e. The summed E-state index contributed by atoms with van der Waals surface area (Å²) >= 11 is 0. The third-order valence-corrected chi connectivity index (χ3v) is 3.56. The molecule has 0 aliphatic rings. The molecule has 24 heavy (non-hydrogen) atoms. The molecule has 0 saturated heterocycles. The van der Waals surface area contributed by atoms with Gasteiger partial charge in [0.1, 0.15) is 6.07 Å². The molecule has 0 spiro atoms. The second-order valence-corrected chi connectivity index (χ2v) is 5.14. The van der Waals surface area contributed by atoms with E-state index in [0.717, 1.165) is 5.56 Å². The molecule has 1 aromatic heterocycles. The molecule has 0 radical (unpaired) electrons. The molecule has 0 atom stereocenters. The molecule has 6 heteroatoms. The Hall–Kier alpha value is -3.59. The van der Waals surface area contributed by atoms with Crippen molar-refractivity contribution in [3.05, 3.63) is 76.0 Å². The number of benzene rings is 2. The number of hydrogen-bond acceptors (Lipinski definition) is 5. The van der Waals surface area contributed by atoms with Crippen LogP contribution in [0.1, 0.15) is 11.3 Å². The summed E-state index contributed by atoms with van der Waals surface area (Å²) in [5, 5.41) is 20.4. The van der Waals surface area contributed by atoms with Crippen LogP contribution >= 0.6 is 0 Å². The average Bonchev–Trinajstić information content (AvgIpc) is 2.62. The van der Waals surface area contributed by atoms with E-state index in [9.17, 15) is 15.4 Å². The molecule has 0 bridgehead atoms. The SMILES string of the molecule is Cc1nc(-c2ccccc2)nc(-c2cccc([N+](=O)[O-])c2)c1C#N. The van der Waals surface area contributed by atoms with Crippen LogP contribution in [0.4, 0.5) is 5.69 Å². The molecule has 0 aliphatic carbocycles. The van der Waals surface area contributed by atoms with E-state index >= 15 is 0 Å². The summed E-state index contributed by atoms with van der Waals surface area (Å²) in [7, 11) is 0. The second kappa shape index (κ2) is 6.26. The third-order valence-electron chi connectivity index (χ3n) is 3.56. The van der Waals surface area contributed by atoms with Crippen molar-refractivity contribution in [2.24, 2.45) is 0 Å². The fourth-order valence-electron chi connectivity index (χ4n) is 2.40. The van der Waals surface area contributed by atoms with Crippen molar-refractivity contribution in [2.45, 2.75) is 6.92 Å². The highest BCUT2D eigenvalue weighted by molar-refractivity contribution is 5.72. The molecule has 1 heterocycles. The van der Waals surface area contributed by atoms with Crippen molar-refractivity contribution in [1.29, 1.82) is 5.26 Å². The first kappa shape index (κ1) is 15.3. The number of non-ortho nitro benzene ring substituents is 1. The molecular weight excluding hydrogens is 304 g/mol. The van der Waals surface area contributed by atoms with Crippen molar-refractivity contribution in [1.82, 2.24) is 9.97 Å². The van der Waals surface area contributed by atoms with Crippen LogP contribution in [0.5, 0.6) is 0 Å². The molecule has 116 valence electrons. The van der Waals surface area contributed by atoms with E-state index in [2.05, 4.69) is 16.0 Å². The summed E-state index contributed by atoms with van der Waals surface area (Å²) in [6, 6.07) is 17.6. The zero-order valence-corrected chi connectivity index (χ0v) is 12.8. The van der Waals surface area contributed by atoms with Gasteiger partial charge in [-0.05, 0) is 6.92 Å². The van der Waals surface area contributed by atoms with Gasteiger partial charge in [0.2, 0.25) is 0 Å². The lowest BCUT2D eigenvalue weighted by Gasteiger charge is -2.09. The maximum atomic E-state index is 11.0. The first-order valence-corrected chi connectivity index (χ1v) is 7.19. The lowest BCUT2D eigenvalue weighted by atomic mass is 10.0. The Morgan fingerprint density at radius 2 is 1.75 bits per heavy atom. The van der Waals surface area contributed by atoms with Gasteiger partial charge < -0.3 is 0 Å². The zero-order chi connectivity index (χ0) is 17.1. The van der Waals surface area contributed by atoms with Crippen LogP contribution in [-0.4, -0.2) is 14.9 Å². The van der Waals surface area contributed by atoms with Crippen LogP contribution < -0.4 is 0 Å². The second-order valence-electron chi connectivity index (χ2n) is 5.14. The maximum Gasteiger partial charge on any atom is 0.270 e. The van der Waals surface area contributed by atoms with E-state index in [0.29, 0.717) is 28.3 Å². The van der Waals surface area contributed by atoms with Crippen LogP contribution in [0, 0.1) is 28.4 Å². The molecule has 0 aliphatic heterocycles. The standard InChI is InChI=1S/C18H12N4O2/c1-12-16(11-19)17(14-8-5-9-15(10-14)22(23)24)21-18(20-12)13-6-3-2-4-7-13/h2-10H,1H3. The van der Waals surface area contributed by atoms with Crippen molar-refractivity contribution in [3.8, 4) is 28.7 Å². The van der Waals surface area contributed by atoms with Crippen molar-refractivity contribution < 1.29 is 4.92 Å². The Balaban J connectivity index is 2.23. The van der Waals surface area contributed by atoms with E-state index in [1.807, 2.05) is 30.3 Å². The monoisotopic (exact) mass is 316 g/mol. The van der Waals surface area contributed by atoms with Gasteiger partial charge in [-0.25, -0.2) is 9.97 Å². The predicted octanol–water partition coefficient (Wildman–Crippen LogP) is 3.90. The summed E-state index contributed by atoms with van der Waals surface area (Å²) < 4.78 is 0. The minimum absolute atomic E-state index is 0.0473. The van der Waals surface area contributed by atoms with Gasteiger partial charge in [-0.3, -0.25) is 10.1 Å². The maximum absolute atomic E-state index is 11.0. The van der Waals surface area contributed by atoms with Gasteiger partial charge in [-0.2, -0.15) is 5.26 Å². The van der Waals surface area contributed by atoms with E-state index < -0.39 is 4.92 Å². The highest BCUT2D eigenvalue weighted by Gasteiger charge is 2.16. The molecule has 3 rings (SSSR count). The Kier molecular flexibility index (Phi) is 4.00. The summed E-state index contributed by atoms with van der Waals surface area (Å²) in [6.07, 6.45) is 0.